The maximum atomic E-state index is 10.8. The van der Waals surface area contributed by atoms with Crippen molar-refractivity contribution >= 4 is 17.3 Å². The van der Waals surface area contributed by atoms with Crippen LogP contribution < -0.4 is 0 Å². The van der Waals surface area contributed by atoms with Gasteiger partial charge in [-0.1, -0.05) is 31.2 Å². The first-order chi connectivity index (χ1) is 8.60. The number of carboxylic acids is 1. The van der Waals surface area contributed by atoms with Crippen molar-refractivity contribution in [2.75, 3.05) is 0 Å². The number of aromatic nitrogens is 1. The number of rotatable bonds is 4. The summed E-state index contributed by atoms with van der Waals surface area (Å²) in [5, 5.41) is 9.81. The summed E-state index contributed by atoms with van der Waals surface area (Å²) in [4.78, 5) is 16.1. The van der Waals surface area contributed by atoms with Crippen LogP contribution in [0, 0.1) is 6.92 Å². The molecule has 0 aliphatic carbocycles. The fraction of sp³-hybridized carbons (Fsp3) is 0.286. The molecule has 18 heavy (non-hydrogen) atoms. The van der Waals surface area contributed by atoms with Gasteiger partial charge in [-0.05, 0) is 18.9 Å². The molecule has 2 rings (SSSR count). The topological polar surface area (TPSA) is 50.2 Å². The molecule has 0 atom stereocenters. The maximum absolute atomic E-state index is 10.8. The lowest BCUT2D eigenvalue weighted by Crippen LogP contribution is -1.99. The van der Waals surface area contributed by atoms with Gasteiger partial charge in [0.1, 0.15) is 0 Å². The van der Waals surface area contributed by atoms with Crippen LogP contribution in [0.1, 0.15) is 22.4 Å². The minimum Gasteiger partial charge on any atom is -0.481 e. The van der Waals surface area contributed by atoms with Gasteiger partial charge in [-0.2, -0.15) is 0 Å². The van der Waals surface area contributed by atoms with E-state index >= 15 is 0 Å². The van der Waals surface area contributed by atoms with Gasteiger partial charge < -0.3 is 5.11 Å². The first-order valence-corrected chi connectivity index (χ1v) is 6.69. The lowest BCUT2D eigenvalue weighted by Gasteiger charge is -2.02. The highest BCUT2D eigenvalue weighted by Gasteiger charge is 2.13. The van der Waals surface area contributed by atoms with E-state index in [1.165, 1.54) is 16.9 Å². The highest BCUT2D eigenvalue weighted by atomic mass is 32.1. The first-order valence-electron chi connectivity index (χ1n) is 5.87. The smallest absolute Gasteiger partial charge is 0.308 e. The molecule has 0 aliphatic rings. The number of hydrogen-bond donors (Lipinski definition) is 1. The molecule has 0 saturated heterocycles. The summed E-state index contributed by atoms with van der Waals surface area (Å²) in [6.07, 6.45) is 1.04. The highest BCUT2D eigenvalue weighted by Crippen LogP contribution is 2.28. The van der Waals surface area contributed by atoms with E-state index in [0.717, 1.165) is 27.6 Å². The van der Waals surface area contributed by atoms with Crippen LogP contribution in [0.2, 0.25) is 0 Å². The molecule has 0 spiro atoms. The molecule has 0 fully saturated rings. The maximum Gasteiger partial charge on any atom is 0.308 e. The molecule has 0 saturated carbocycles. The van der Waals surface area contributed by atoms with Gasteiger partial charge in [-0.15, -0.1) is 11.3 Å². The number of nitrogens with zero attached hydrogens (tertiary/aromatic N) is 1. The van der Waals surface area contributed by atoms with Crippen molar-refractivity contribution in [3.05, 3.63) is 39.7 Å². The van der Waals surface area contributed by atoms with E-state index in [2.05, 4.69) is 24.0 Å². The van der Waals surface area contributed by atoms with Crippen molar-refractivity contribution in [2.45, 2.75) is 26.7 Å². The average Bonchev–Trinajstić information content (AvgIpc) is 2.69. The highest BCUT2D eigenvalue weighted by molar-refractivity contribution is 7.12. The Kier molecular flexibility index (Phi) is 3.77. The van der Waals surface area contributed by atoms with E-state index in [1.54, 1.807) is 0 Å². The second-order valence-corrected chi connectivity index (χ2v) is 5.41. The minimum atomic E-state index is -0.815. The summed E-state index contributed by atoms with van der Waals surface area (Å²) in [5.41, 5.74) is 3.07. The van der Waals surface area contributed by atoms with Gasteiger partial charge in [-0.25, -0.2) is 4.98 Å². The Morgan fingerprint density at radius 2 is 2.00 bits per heavy atom. The van der Waals surface area contributed by atoms with Crippen LogP contribution in [0.3, 0.4) is 0 Å². The second-order valence-electron chi connectivity index (χ2n) is 4.13. The molecular weight excluding hydrogens is 246 g/mol. The van der Waals surface area contributed by atoms with E-state index in [-0.39, 0.29) is 6.42 Å². The molecule has 4 heteroatoms. The molecule has 1 N–H and O–H groups in total. The fourth-order valence-corrected chi connectivity index (χ4v) is 2.80. The van der Waals surface area contributed by atoms with Gasteiger partial charge in [0, 0.05) is 10.4 Å². The average molecular weight is 261 g/mol. The third-order valence-corrected chi connectivity index (χ3v) is 3.72. The van der Waals surface area contributed by atoms with Crippen LogP contribution in [0.15, 0.2) is 24.3 Å². The summed E-state index contributed by atoms with van der Waals surface area (Å²) < 4.78 is 0. The Bertz CT molecular complexity index is 558. The lowest BCUT2D eigenvalue weighted by atomic mass is 10.1. The largest absolute Gasteiger partial charge is 0.481 e. The number of carboxylic acid groups (broad SMARTS) is 1. The van der Waals surface area contributed by atoms with Crippen LogP contribution in [0.5, 0.6) is 0 Å². The van der Waals surface area contributed by atoms with Crippen molar-refractivity contribution in [2.24, 2.45) is 0 Å². The zero-order valence-corrected chi connectivity index (χ0v) is 11.3. The molecule has 0 radical (unpaired) electrons. The number of benzene rings is 1. The summed E-state index contributed by atoms with van der Waals surface area (Å²) >= 11 is 1.46. The third-order valence-electron chi connectivity index (χ3n) is 2.75. The Hall–Kier alpha value is -1.68. The van der Waals surface area contributed by atoms with Crippen LogP contribution in [-0.4, -0.2) is 16.1 Å². The summed E-state index contributed by atoms with van der Waals surface area (Å²) in [7, 11) is 0. The van der Waals surface area contributed by atoms with Crippen molar-refractivity contribution in [1.82, 2.24) is 4.98 Å². The zero-order chi connectivity index (χ0) is 13.1. The monoisotopic (exact) mass is 261 g/mol. The quantitative estimate of drug-likeness (QED) is 0.918. The number of hydrogen-bond acceptors (Lipinski definition) is 3. The van der Waals surface area contributed by atoms with Crippen LogP contribution in [0.4, 0.5) is 0 Å². The molecule has 3 nitrogen and oxygen atoms in total. The first kappa shape index (κ1) is 12.8. The van der Waals surface area contributed by atoms with Gasteiger partial charge in [0.25, 0.3) is 0 Å². The van der Waals surface area contributed by atoms with Crippen molar-refractivity contribution in [1.29, 1.82) is 0 Å². The number of aliphatic carboxylic acids is 1. The van der Waals surface area contributed by atoms with Crippen LogP contribution in [0.25, 0.3) is 11.3 Å². The van der Waals surface area contributed by atoms with Crippen molar-refractivity contribution < 1.29 is 9.90 Å². The number of thiazole rings is 1. The number of aryl methyl sites for hydroxylation is 2. The van der Waals surface area contributed by atoms with Gasteiger partial charge in [0.2, 0.25) is 0 Å². The SMILES string of the molecule is CCc1ccc(-c2nc(C)sc2CC(=O)O)cc1. The molecular formula is C14H15NO2S. The predicted molar refractivity (Wildman–Crippen MR) is 73.0 cm³/mol. The second kappa shape index (κ2) is 5.31. The Morgan fingerprint density at radius 1 is 1.33 bits per heavy atom. The molecule has 0 amide bonds. The van der Waals surface area contributed by atoms with Gasteiger partial charge >= 0.3 is 5.97 Å². The molecule has 0 unspecified atom stereocenters. The third kappa shape index (κ3) is 2.76. The van der Waals surface area contributed by atoms with E-state index in [1.807, 2.05) is 19.1 Å². The van der Waals surface area contributed by atoms with E-state index in [9.17, 15) is 4.79 Å². The summed E-state index contributed by atoms with van der Waals surface area (Å²) in [6, 6.07) is 8.15. The zero-order valence-electron chi connectivity index (χ0n) is 10.4. The molecule has 0 bridgehead atoms. The van der Waals surface area contributed by atoms with Gasteiger partial charge in [0.05, 0.1) is 17.1 Å². The molecule has 2 aromatic rings. The Morgan fingerprint density at radius 3 is 2.56 bits per heavy atom. The van der Waals surface area contributed by atoms with Gasteiger partial charge in [0.15, 0.2) is 0 Å². The van der Waals surface area contributed by atoms with E-state index in [4.69, 9.17) is 5.11 Å². The normalized spacial score (nSPS) is 10.6. The standard InChI is InChI=1S/C14H15NO2S/c1-3-10-4-6-11(7-5-10)14-12(8-13(16)17)18-9(2)15-14/h4-7H,3,8H2,1-2H3,(H,16,17). The molecule has 94 valence electrons. The molecule has 0 aliphatic heterocycles. The Balaban J connectivity index is 2.39. The molecule has 1 aromatic heterocycles. The van der Waals surface area contributed by atoms with E-state index < -0.39 is 5.97 Å². The lowest BCUT2D eigenvalue weighted by molar-refractivity contribution is -0.136. The molecule has 1 heterocycles. The predicted octanol–water partition coefficient (Wildman–Crippen LogP) is 3.31. The van der Waals surface area contributed by atoms with Crippen LogP contribution in [-0.2, 0) is 17.6 Å². The van der Waals surface area contributed by atoms with E-state index in [0.29, 0.717) is 0 Å². The fourth-order valence-electron chi connectivity index (χ4n) is 1.85. The number of carbonyl (C=O) groups is 1. The van der Waals surface area contributed by atoms with Crippen molar-refractivity contribution in [3.8, 4) is 11.3 Å². The summed E-state index contributed by atoms with van der Waals surface area (Å²) in [5.74, 6) is -0.815. The van der Waals surface area contributed by atoms with Crippen molar-refractivity contribution in [3.63, 3.8) is 0 Å². The van der Waals surface area contributed by atoms with Gasteiger partial charge in [-0.3, -0.25) is 4.79 Å². The minimum absolute atomic E-state index is 0.0381. The Labute approximate surface area is 110 Å². The summed E-state index contributed by atoms with van der Waals surface area (Å²) in [6.45, 7) is 4.01. The molecule has 1 aromatic carbocycles. The van der Waals surface area contributed by atoms with Crippen LogP contribution >= 0.6 is 11.3 Å².